The molecule has 0 amide bonds. The predicted molar refractivity (Wildman–Crippen MR) is 86.6 cm³/mol. The van der Waals surface area contributed by atoms with Gasteiger partial charge in [0.05, 0.1) is 12.1 Å². The lowest BCUT2D eigenvalue weighted by atomic mass is 9.89. The number of fused-ring (bicyclic) bond motifs is 1. The van der Waals surface area contributed by atoms with Crippen LogP contribution in [-0.4, -0.2) is 23.2 Å². The third kappa shape index (κ3) is 2.94. The van der Waals surface area contributed by atoms with Gasteiger partial charge in [0, 0.05) is 11.1 Å². The van der Waals surface area contributed by atoms with Crippen molar-refractivity contribution in [1.82, 2.24) is 10.3 Å². The maximum Gasteiger partial charge on any atom is 0.0709 e. The minimum absolute atomic E-state index is 0.0819. The van der Waals surface area contributed by atoms with Crippen LogP contribution in [0.15, 0.2) is 18.2 Å². The highest BCUT2D eigenvalue weighted by Crippen LogP contribution is 2.31. The number of aromatic nitrogens is 1. The Morgan fingerprint density at radius 1 is 1.19 bits per heavy atom. The molecule has 21 heavy (non-hydrogen) atoms. The lowest BCUT2D eigenvalue weighted by Gasteiger charge is -2.18. The molecular formula is C18H24N2O. The molecule has 1 atom stereocenters. The Kier molecular flexibility index (Phi) is 4.22. The highest BCUT2D eigenvalue weighted by Gasteiger charge is 2.17. The second-order valence-electron chi connectivity index (χ2n) is 6.17. The van der Waals surface area contributed by atoms with Gasteiger partial charge in [0.15, 0.2) is 0 Å². The van der Waals surface area contributed by atoms with Crippen LogP contribution in [-0.2, 0) is 6.61 Å². The second-order valence-corrected chi connectivity index (χ2v) is 6.17. The molecule has 1 saturated heterocycles. The Balaban J connectivity index is 2.05. The van der Waals surface area contributed by atoms with Crippen molar-refractivity contribution in [2.45, 2.75) is 45.6 Å². The van der Waals surface area contributed by atoms with Crippen molar-refractivity contribution in [2.75, 3.05) is 13.1 Å². The number of benzene rings is 1. The molecule has 2 aromatic rings. The van der Waals surface area contributed by atoms with E-state index in [1.54, 1.807) is 0 Å². The van der Waals surface area contributed by atoms with Gasteiger partial charge < -0.3 is 10.4 Å². The van der Waals surface area contributed by atoms with Gasteiger partial charge in [-0.25, -0.2) is 0 Å². The van der Waals surface area contributed by atoms with Crippen LogP contribution in [0.25, 0.3) is 10.9 Å². The first-order valence-corrected chi connectivity index (χ1v) is 7.91. The normalized spacial score (nSPS) is 19.7. The molecule has 2 heterocycles. The fourth-order valence-corrected chi connectivity index (χ4v) is 3.41. The molecule has 0 saturated carbocycles. The molecule has 0 bridgehead atoms. The molecule has 3 nitrogen and oxygen atoms in total. The van der Waals surface area contributed by atoms with E-state index in [1.165, 1.54) is 30.2 Å². The van der Waals surface area contributed by atoms with Gasteiger partial charge in [0.2, 0.25) is 0 Å². The molecule has 0 spiro atoms. The van der Waals surface area contributed by atoms with Crippen molar-refractivity contribution in [1.29, 1.82) is 0 Å². The smallest absolute Gasteiger partial charge is 0.0709 e. The van der Waals surface area contributed by atoms with Crippen LogP contribution < -0.4 is 5.32 Å². The monoisotopic (exact) mass is 284 g/mol. The van der Waals surface area contributed by atoms with Crippen molar-refractivity contribution in [3.63, 3.8) is 0 Å². The average molecular weight is 284 g/mol. The summed E-state index contributed by atoms with van der Waals surface area (Å²) in [4.78, 5) is 4.80. The van der Waals surface area contributed by atoms with Crippen LogP contribution in [0, 0.1) is 13.8 Å². The summed E-state index contributed by atoms with van der Waals surface area (Å²) in [6.07, 6.45) is 3.68. The van der Waals surface area contributed by atoms with Crippen molar-refractivity contribution in [3.8, 4) is 0 Å². The Bertz CT molecular complexity index is 643. The van der Waals surface area contributed by atoms with E-state index >= 15 is 0 Å². The summed E-state index contributed by atoms with van der Waals surface area (Å²) in [6, 6.07) is 6.50. The van der Waals surface area contributed by atoms with Crippen molar-refractivity contribution in [3.05, 3.63) is 40.6 Å². The Hall–Kier alpha value is -1.45. The summed E-state index contributed by atoms with van der Waals surface area (Å²) in [5, 5.41) is 14.1. The number of aliphatic hydroxyl groups is 1. The molecule has 0 aliphatic carbocycles. The van der Waals surface area contributed by atoms with Crippen LogP contribution >= 0.6 is 0 Å². The predicted octanol–water partition coefficient (Wildman–Crippen LogP) is 3.20. The minimum atomic E-state index is 0.0819. The number of pyridine rings is 1. The van der Waals surface area contributed by atoms with Crippen LogP contribution in [0.2, 0.25) is 0 Å². The Morgan fingerprint density at radius 3 is 2.86 bits per heavy atom. The van der Waals surface area contributed by atoms with E-state index in [0.717, 1.165) is 35.4 Å². The first-order valence-electron chi connectivity index (χ1n) is 7.91. The van der Waals surface area contributed by atoms with Gasteiger partial charge in [0.25, 0.3) is 0 Å². The maximum atomic E-state index is 9.40. The topological polar surface area (TPSA) is 45.2 Å². The van der Waals surface area contributed by atoms with Crippen molar-refractivity contribution in [2.24, 2.45) is 0 Å². The van der Waals surface area contributed by atoms with Crippen LogP contribution in [0.4, 0.5) is 0 Å². The third-order valence-corrected chi connectivity index (χ3v) is 4.69. The Morgan fingerprint density at radius 2 is 2.05 bits per heavy atom. The number of aliphatic hydroxyl groups excluding tert-OH is 1. The summed E-state index contributed by atoms with van der Waals surface area (Å²) in [5.74, 6) is 0.620. The van der Waals surface area contributed by atoms with Crippen molar-refractivity contribution < 1.29 is 5.11 Å². The van der Waals surface area contributed by atoms with Gasteiger partial charge in [-0.2, -0.15) is 0 Å². The van der Waals surface area contributed by atoms with Crippen LogP contribution in [0.3, 0.4) is 0 Å². The number of aryl methyl sites for hydroxylation is 2. The lowest BCUT2D eigenvalue weighted by molar-refractivity contribution is 0.281. The first kappa shape index (κ1) is 14.5. The van der Waals surface area contributed by atoms with E-state index in [4.69, 9.17) is 4.98 Å². The largest absolute Gasteiger partial charge is 0.392 e. The van der Waals surface area contributed by atoms with E-state index in [-0.39, 0.29) is 6.61 Å². The fraction of sp³-hybridized carbons (Fsp3) is 0.500. The maximum absolute atomic E-state index is 9.40. The summed E-state index contributed by atoms with van der Waals surface area (Å²) in [6.45, 7) is 6.49. The minimum Gasteiger partial charge on any atom is -0.392 e. The Labute approximate surface area is 126 Å². The molecule has 3 heteroatoms. The first-order chi connectivity index (χ1) is 10.2. The van der Waals surface area contributed by atoms with E-state index < -0.39 is 0 Å². The lowest BCUT2D eigenvalue weighted by Crippen LogP contribution is -2.14. The highest BCUT2D eigenvalue weighted by molar-refractivity contribution is 5.81. The molecule has 1 aromatic carbocycles. The van der Waals surface area contributed by atoms with E-state index in [1.807, 2.05) is 6.07 Å². The molecule has 1 fully saturated rings. The average Bonchev–Trinajstić information content (AvgIpc) is 2.75. The summed E-state index contributed by atoms with van der Waals surface area (Å²) >= 11 is 0. The molecular weight excluding hydrogens is 260 g/mol. The number of rotatable bonds is 2. The number of nitrogens with zero attached hydrogens (tertiary/aromatic N) is 1. The molecule has 1 aliphatic heterocycles. The van der Waals surface area contributed by atoms with Gasteiger partial charge in [-0.15, -0.1) is 0 Å². The SMILES string of the molecule is Cc1cc2cc(C3CCCNCC3)c(C)nc2cc1CO. The van der Waals surface area contributed by atoms with Gasteiger partial charge in [0.1, 0.15) is 0 Å². The zero-order chi connectivity index (χ0) is 14.8. The second kappa shape index (κ2) is 6.12. The highest BCUT2D eigenvalue weighted by atomic mass is 16.3. The summed E-state index contributed by atoms with van der Waals surface area (Å²) < 4.78 is 0. The third-order valence-electron chi connectivity index (χ3n) is 4.69. The van der Waals surface area contributed by atoms with Crippen LogP contribution in [0.1, 0.15) is 47.6 Å². The van der Waals surface area contributed by atoms with E-state index in [9.17, 15) is 5.11 Å². The standard InChI is InChI=1S/C18H24N2O/c1-12-8-15-9-17(14-4-3-6-19-7-5-14)13(2)20-18(15)10-16(12)11-21/h8-10,14,19,21H,3-7,11H2,1-2H3. The molecule has 1 aliphatic rings. The molecule has 1 unspecified atom stereocenters. The quantitative estimate of drug-likeness (QED) is 0.890. The number of hydrogen-bond acceptors (Lipinski definition) is 3. The zero-order valence-electron chi connectivity index (χ0n) is 12.9. The molecule has 0 radical (unpaired) electrons. The number of nitrogens with one attached hydrogen (secondary N) is 1. The van der Waals surface area contributed by atoms with Crippen molar-refractivity contribution >= 4 is 10.9 Å². The van der Waals surface area contributed by atoms with Gasteiger partial charge in [-0.3, -0.25) is 4.98 Å². The number of hydrogen-bond donors (Lipinski definition) is 2. The molecule has 2 N–H and O–H groups in total. The van der Waals surface area contributed by atoms with Crippen LogP contribution in [0.5, 0.6) is 0 Å². The molecule has 1 aromatic heterocycles. The summed E-state index contributed by atoms with van der Waals surface area (Å²) in [5.41, 5.74) is 5.66. The van der Waals surface area contributed by atoms with E-state index in [0.29, 0.717) is 5.92 Å². The summed E-state index contributed by atoms with van der Waals surface area (Å²) in [7, 11) is 0. The zero-order valence-corrected chi connectivity index (χ0v) is 12.9. The van der Waals surface area contributed by atoms with E-state index in [2.05, 4.69) is 31.3 Å². The fourth-order valence-electron chi connectivity index (χ4n) is 3.41. The van der Waals surface area contributed by atoms with Gasteiger partial charge in [-0.1, -0.05) is 0 Å². The molecule has 112 valence electrons. The molecule has 3 rings (SSSR count). The van der Waals surface area contributed by atoms with Gasteiger partial charge >= 0.3 is 0 Å². The van der Waals surface area contributed by atoms with Gasteiger partial charge in [-0.05, 0) is 87.0 Å².